The second kappa shape index (κ2) is 5.53. The third kappa shape index (κ3) is 1.83. The van der Waals surface area contributed by atoms with Gasteiger partial charge in [0, 0.05) is 6.54 Å². The minimum atomic E-state index is -1.40. The Morgan fingerprint density at radius 2 is 1.42 bits per heavy atom. The number of hydrogen-bond donors (Lipinski definition) is 1. The number of nitrogens with one attached hydrogen (secondary N) is 1. The topological polar surface area (TPSA) is 66.5 Å². The lowest BCUT2D eigenvalue weighted by molar-refractivity contribution is -0.144. The molecule has 2 fully saturated rings. The zero-order valence-corrected chi connectivity index (χ0v) is 14.7. The molecule has 2 aliphatic rings. The van der Waals surface area contributed by atoms with E-state index in [2.05, 4.69) is 5.32 Å². The molecule has 5 heteroatoms. The lowest BCUT2D eigenvalue weighted by Gasteiger charge is -2.35. The van der Waals surface area contributed by atoms with Crippen molar-refractivity contribution in [2.24, 2.45) is 11.3 Å². The van der Waals surface area contributed by atoms with Crippen LogP contribution in [0.4, 0.5) is 0 Å². The van der Waals surface area contributed by atoms with Gasteiger partial charge in [0.25, 0.3) is 0 Å². The van der Waals surface area contributed by atoms with E-state index >= 15 is 0 Å². The van der Waals surface area contributed by atoms with E-state index in [1.807, 2.05) is 60.7 Å². The quantitative estimate of drug-likeness (QED) is 0.682. The van der Waals surface area contributed by atoms with Crippen molar-refractivity contribution < 1.29 is 14.4 Å². The lowest BCUT2D eigenvalue weighted by Crippen LogP contribution is -2.48. The number of nitrogens with zero attached hydrogens (tertiary/aromatic N) is 1. The highest BCUT2D eigenvalue weighted by Gasteiger charge is 2.73. The average molecular weight is 348 g/mol. The van der Waals surface area contributed by atoms with Crippen LogP contribution in [-0.4, -0.2) is 29.2 Å². The van der Waals surface area contributed by atoms with E-state index in [0.29, 0.717) is 0 Å². The summed E-state index contributed by atoms with van der Waals surface area (Å²) in [6, 6.07) is 18.9. The van der Waals surface area contributed by atoms with Crippen molar-refractivity contribution in [3.63, 3.8) is 0 Å². The molecule has 2 aromatic rings. The summed E-state index contributed by atoms with van der Waals surface area (Å²) in [6.45, 7) is 3.61. The summed E-state index contributed by atoms with van der Waals surface area (Å²) in [4.78, 5) is 40.5. The average Bonchev–Trinajstić information content (AvgIpc) is 3.04. The molecular formula is C21H20N2O3. The molecule has 2 saturated heterocycles. The highest BCUT2D eigenvalue weighted by atomic mass is 16.2. The predicted molar refractivity (Wildman–Crippen MR) is 95.8 cm³/mol. The minimum absolute atomic E-state index is 0.261. The van der Waals surface area contributed by atoms with Crippen molar-refractivity contribution in [1.82, 2.24) is 10.2 Å². The summed E-state index contributed by atoms with van der Waals surface area (Å²) < 4.78 is 0. The first-order valence-electron chi connectivity index (χ1n) is 8.77. The van der Waals surface area contributed by atoms with Gasteiger partial charge in [0.1, 0.15) is 11.0 Å². The number of likely N-dealkylation sites (tertiary alicyclic amines) is 1. The number of amides is 3. The van der Waals surface area contributed by atoms with E-state index in [1.54, 1.807) is 13.8 Å². The SMILES string of the molecule is CCN1C(=O)C2C(C)(C(=O)NC2(c2ccccc2)c2ccccc2)C1=O. The Bertz CT molecular complexity index is 854. The molecule has 132 valence electrons. The van der Waals surface area contributed by atoms with Gasteiger partial charge >= 0.3 is 0 Å². The molecule has 2 atom stereocenters. The zero-order valence-electron chi connectivity index (χ0n) is 14.7. The second-order valence-corrected chi connectivity index (χ2v) is 7.02. The van der Waals surface area contributed by atoms with Gasteiger partial charge in [0.15, 0.2) is 0 Å². The Hall–Kier alpha value is -2.95. The Balaban J connectivity index is 2.04. The van der Waals surface area contributed by atoms with Crippen LogP contribution >= 0.6 is 0 Å². The van der Waals surface area contributed by atoms with Crippen LogP contribution in [0.5, 0.6) is 0 Å². The predicted octanol–water partition coefficient (Wildman–Crippen LogP) is 2.07. The fraction of sp³-hybridized carbons (Fsp3) is 0.286. The van der Waals surface area contributed by atoms with Crippen molar-refractivity contribution in [2.45, 2.75) is 19.4 Å². The summed E-state index contributed by atoms with van der Waals surface area (Å²) in [5.41, 5.74) is -0.871. The fourth-order valence-corrected chi connectivity index (χ4v) is 4.48. The van der Waals surface area contributed by atoms with Gasteiger partial charge in [-0.2, -0.15) is 0 Å². The highest BCUT2D eigenvalue weighted by molar-refractivity contribution is 6.21. The molecule has 3 amide bonds. The van der Waals surface area contributed by atoms with Gasteiger partial charge in [-0.25, -0.2) is 0 Å². The van der Waals surface area contributed by atoms with E-state index < -0.39 is 28.7 Å². The van der Waals surface area contributed by atoms with Gasteiger partial charge in [0.2, 0.25) is 17.7 Å². The Morgan fingerprint density at radius 1 is 0.923 bits per heavy atom. The molecule has 2 aliphatic heterocycles. The number of carbonyl (C=O) groups is 3. The third-order valence-corrected chi connectivity index (χ3v) is 5.77. The summed E-state index contributed by atoms with van der Waals surface area (Å²) in [5.74, 6) is -1.93. The van der Waals surface area contributed by atoms with Crippen LogP contribution in [0.25, 0.3) is 0 Å². The summed E-state index contributed by atoms with van der Waals surface area (Å²) in [6.07, 6.45) is 0. The monoisotopic (exact) mass is 348 g/mol. The largest absolute Gasteiger partial charge is 0.341 e. The van der Waals surface area contributed by atoms with Crippen LogP contribution in [0.2, 0.25) is 0 Å². The maximum Gasteiger partial charge on any atom is 0.245 e. The normalized spacial score (nSPS) is 26.8. The van der Waals surface area contributed by atoms with E-state index in [0.717, 1.165) is 11.1 Å². The molecule has 0 saturated carbocycles. The van der Waals surface area contributed by atoms with Crippen molar-refractivity contribution in [2.75, 3.05) is 6.54 Å². The van der Waals surface area contributed by atoms with Crippen LogP contribution in [-0.2, 0) is 19.9 Å². The molecule has 0 aromatic heterocycles. The molecule has 0 bridgehead atoms. The van der Waals surface area contributed by atoms with Gasteiger partial charge in [-0.3, -0.25) is 19.3 Å². The molecule has 0 spiro atoms. The molecule has 2 unspecified atom stereocenters. The van der Waals surface area contributed by atoms with Crippen LogP contribution < -0.4 is 5.32 Å². The van der Waals surface area contributed by atoms with Gasteiger partial charge < -0.3 is 5.32 Å². The molecule has 0 radical (unpaired) electrons. The highest BCUT2D eigenvalue weighted by Crippen LogP contribution is 2.55. The van der Waals surface area contributed by atoms with Crippen molar-refractivity contribution in [1.29, 1.82) is 0 Å². The minimum Gasteiger partial charge on any atom is -0.341 e. The first kappa shape index (κ1) is 16.5. The van der Waals surface area contributed by atoms with Crippen LogP contribution in [0.3, 0.4) is 0 Å². The molecule has 5 nitrogen and oxygen atoms in total. The molecule has 26 heavy (non-hydrogen) atoms. The van der Waals surface area contributed by atoms with Gasteiger partial charge in [0.05, 0.1) is 5.92 Å². The maximum atomic E-state index is 13.3. The van der Waals surface area contributed by atoms with Crippen molar-refractivity contribution in [3.8, 4) is 0 Å². The second-order valence-electron chi connectivity index (χ2n) is 7.02. The van der Waals surface area contributed by atoms with Gasteiger partial charge in [-0.05, 0) is 25.0 Å². The molecular weight excluding hydrogens is 328 g/mol. The number of hydrogen-bond acceptors (Lipinski definition) is 3. The molecule has 4 rings (SSSR count). The fourth-order valence-electron chi connectivity index (χ4n) is 4.48. The number of rotatable bonds is 3. The van der Waals surface area contributed by atoms with E-state index in [9.17, 15) is 14.4 Å². The lowest BCUT2D eigenvalue weighted by atomic mass is 9.67. The molecule has 0 aliphatic carbocycles. The van der Waals surface area contributed by atoms with E-state index in [1.165, 1.54) is 4.90 Å². The smallest absolute Gasteiger partial charge is 0.245 e. The Kier molecular flexibility index (Phi) is 3.51. The van der Waals surface area contributed by atoms with Crippen LogP contribution in [0.1, 0.15) is 25.0 Å². The first-order chi connectivity index (χ1) is 12.5. The molecule has 1 N–H and O–H groups in total. The van der Waals surface area contributed by atoms with Gasteiger partial charge in [-0.15, -0.1) is 0 Å². The first-order valence-corrected chi connectivity index (χ1v) is 8.77. The summed E-state index contributed by atoms with van der Waals surface area (Å²) in [5, 5.41) is 3.04. The maximum absolute atomic E-state index is 13.3. The van der Waals surface area contributed by atoms with E-state index in [-0.39, 0.29) is 12.5 Å². The van der Waals surface area contributed by atoms with Crippen molar-refractivity contribution >= 4 is 17.7 Å². The Labute approximate surface area is 152 Å². The van der Waals surface area contributed by atoms with Gasteiger partial charge in [-0.1, -0.05) is 60.7 Å². The van der Waals surface area contributed by atoms with Crippen molar-refractivity contribution in [3.05, 3.63) is 71.8 Å². The number of carbonyl (C=O) groups excluding carboxylic acids is 3. The standard InChI is InChI=1S/C21H20N2O3/c1-3-23-17(24)16-20(2,19(23)26)18(25)22-21(16,14-10-6-4-7-11-14)15-12-8-5-9-13-15/h4-13,16H,3H2,1-2H3,(H,22,25). The number of imide groups is 1. The third-order valence-electron chi connectivity index (χ3n) is 5.77. The van der Waals surface area contributed by atoms with E-state index in [4.69, 9.17) is 0 Å². The number of fused-ring (bicyclic) bond motifs is 1. The summed E-state index contributed by atoms with van der Waals surface area (Å²) in [7, 11) is 0. The summed E-state index contributed by atoms with van der Waals surface area (Å²) >= 11 is 0. The van der Waals surface area contributed by atoms with Crippen LogP contribution in [0, 0.1) is 11.3 Å². The molecule has 2 aromatic carbocycles. The Morgan fingerprint density at radius 3 is 1.88 bits per heavy atom. The van der Waals surface area contributed by atoms with Crippen LogP contribution in [0.15, 0.2) is 60.7 Å². The number of benzene rings is 2. The molecule has 2 heterocycles. The zero-order chi connectivity index (χ0) is 18.5.